The topological polar surface area (TPSA) is 45.8 Å². The van der Waals surface area contributed by atoms with Crippen LogP contribution < -0.4 is 5.56 Å². The van der Waals surface area contributed by atoms with E-state index in [0.717, 1.165) is 11.3 Å². The number of aromatic amines is 1. The second-order valence-electron chi connectivity index (χ2n) is 3.50. The Hall–Kier alpha value is -1.42. The summed E-state index contributed by atoms with van der Waals surface area (Å²) in [5.74, 6) is 0.606. The Bertz CT molecular complexity index is 534. The Labute approximate surface area is 102 Å². The zero-order valence-corrected chi connectivity index (χ0v) is 10.4. The van der Waals surface area contributed by atoms with E-state index in [-0.39, 0.29) is 10.4 Å². The van der Waals surface area contributed by atoms with Gasteiger partial charge in [0.05, 0.1) is 10.5 Å². The van der Waals surface area contributed by atoms with Gasteiger partial charge in [0, 0.05) is 11.6 Å². The van der Waals surface area contributed by atoms with Gasteiger partial charge in [-0.2, -0.15) is 0 Å². The van der Waals surface area contributed by atoms with Crippen molar-refractivity contribution in [2.24, 2.45) is 0 Å². The Morgan fingerprint density at radius 2 is 2.00 bits per heavy atom. The SMILES string of the molecule is CC(Br)c1cc(=O)[nH]c(-c2ccccc2)n1. The number of rotatable bonds is 2. The van der Waals surface area contributed by atoms with E-state index in [4.69, 9.17) is 0 Å². The average Bonchev–Trinajstić information content (AvgIpc) is 2.29. The van der Waals surface area contributed by atoms with Crippen LogP contribution in [0.4, 0.5) is 0 Å². The Balaban J connectivity index is 2.54. The standard InChI is InChI=1S/C12H11BrN2O/c1-8(13)10-7-11(16)15-12(14-10)9-5-3-2-4-6-9/h2-8H,1H3,(H,14,15,16). The summed E-state index contributed by atoms with van der Waals surface area (Å²) in [6, 6.07) is 11.1. The highest BCUT2D eigenvalue weighted by molar-refractivity contribution is 9.09. The Morgan fingerprint density at radius 1 is 1.31 bits per heavy atom. The van der Waals surface area contributed by atoms with Crippen LogP contribution >= 0.6 is 15.9 Å². The summed E-state index contributed by atoms with van der Waals surface area (Å²) in [5.41, 5.74) is 1.52. The van der Waals surface area contributed by atoms with E-state index in [1.54, 1.807) is 0 Å². The Kier molecular flexibility index (Phi) is 3.19. The van der Waals surface area contributed by atoms with E-state index in [9.17, 15) is 4.79 Å². The first-order valence-corrected chi connectivity index (χ1v) is 5.89. The van der Waals surface area contributed by atoms with E-state index in [1.807, 2.05) is 37.3 Å². The van der Waals surface area contributed by atoms with Crippen molar-refractivity contribution in [3.8, 4) is 11.4 Å². The first kappa shape index (κ1) is 11.1. The van der Waals surface area contributed by atoms with Crippen LogP contribution in [0.5, 0.6) is 0 Å². The highest BCUT2D eigenvalue weighted by atomic mass is 79.9. The number of nitrogens with one attached hydrogen (secondary N) is 1. The lowest BCUT2D eigenvalue weighted by atomic mass is 10.2. The smallest absolute Gasteiger partial charge is 0.251 e. The number of alkyl halides is 1. The minimum Gasteiger partial charge on any atom is -0.307 e. The summed E-state index contributed by atoms with van der Waals surface area (Å²) in [6.07, 6.45) is 0. The van der Waals surface area contributed by atoms with E-state index in [2.05, 4.69) is 25.9 Å². The van der Waals surface area contributed by atoms with Gasteiger partial charge in [-0.1, -0.05) is 46.3 Å². The molecule has 0 bridgehead atoms. The van der Waals surface area contributed by atoms with E-state index >= 15 is 0 Å². The highest BCUT2D eigenvalue weighted by Crippen LogP contribution is 2.20. The quantitative estimate of drug-likeness (QED) is 0.859. The van der Waals surface area contributed by atoms with Crippen LogP contribution in [0, 0.1) is 0 Å². The number of H-pyrrole nitrogens is 1. The molecule has 1 N–H and O–H groups in total. The van der Waals surface area contributed by atoms with Gasteiger partial charge in [0.25, 0.3) is 5.56 Å². The molecule has 82 valence electrons. The van der Waals surface area contributed by atoms with Gasteiger partial charge in [0.1, 0.15) is 5.82 Å². The third-order valence-corrected chi connectivity index (χ3v) is 2.69. The minimum absolute atomic E-state index is 0.0669. The fraction of sp³-hybridized carbons (Fsp3) is 0.167. The lowest BCUT2D eigenvalue weighted by Crippen LogP contribution is -2.10. The summed E-state index contributed by atoms with van der Waals surface area (Å²) in [4.78, 5) is 18.7. The van der Waals surface area contributed by atoms with Crippen molar-refractivity contribution >= 4 is 15.9 Å². The zero-order chi connectivity index (χ0) is 11.5. The minimum atomic E-state index is -0.129. The summed E-state index contributed by atoms with van der Waals surface area (Å²) < 4.78 is 0. The largest absolute Gasteiger partial charge is 0.307 e. The third kappa shape index (κ3) is 2.39. The maximum absolute atomic E-state index is 11.5. The molecule has 0 aliphatic heterocycles. The molecule has 16 heavy (non-hydrogen) atoms. The third-order valence-electron chi connectivity index (χ3n) is 2.22. The molecule has 1 aromatic heterocycles. The first-order valence-electron chi connectivity index (χ1n) is 4.97. The Morgan fingerprint density at radius 3 is 2.62 bits per heavy atom. The van der Waals surface area contributed by atoms with Crippen LogP contribution in [0.15, 0.2) is 41.2 Å². The maximum atomic E-state index is 11.5. The molecule has 1 atom stereocenters. The van der Waals surface area contributed by atoms with Crippen LogP contribution in [0.3, 0.4) is 0 Å². The number of hydrogen-bond donors (Lipinski definition) is 1. The molecule has 0 radical (unpaired) electrons. The van der Waals surface area contributed by atoms with Gasteiger partial charge < -0.3 is 4.98 Å². The van der Waals surface area contributed by atoms with Crippen molar-refractivity contribution in [3.63, 3.8) is 0 Å². The van der Waals surface area contributed by atoms with Gasteiger partial charge in [-0.05, 0) is 6.92 Å². The molecule has 2 aromatic rings. The fourth-order valence-electron chi connectivity index (χ4n) is 1.41. The normalized spacial score (nSPS) is 12.4. The summed E-state index contributed by atoms with van der Waals surface area (Å²) in [7, 11) is 0. The van der Waals surface area contributed by atoms with Gasteiger partial charge in [-0.3, -0.25) is 4.79 Å². The molecule has 1 heterocycles. The molecule has 4 heteroatoms. The van der Waals surface area contributed by atoms with Gasteiger partial charge in [0.15, 0.2) is 0 Å². The first-order chi connectivity index (χ1) is 7.66. The van der Waals surface area contributed by atoms with Crippen molar-refractivity contribution < 1.29 is 0 Å². The monoisotopic (exact) mass is 278 g/mol. The van der Waals surface area contributed by atoms with Crippen LogP contribution in [0.1, 0.15) is 17.4 Å². The van der Waals surface area contributed by atoms with Crippen molar-refractivity contribution in [3.05, 3.63) is 52.4 Å². The number of aromatic nitrogens is 2. The van der Waals surface area contributed by atoms with E-state index < -0.39 is 0 Å². The molecule has 0 aliphatic carbocycles. The van der Waals surface area contributed by atoms with E-state index in [1.165, 1.54) is 6.07 Å². The molecule has 0 aliphatic rings. The van der Waals surface area contributed by atoms with Crippen LogP contribution in [0.2, 0.25) is 0 Å². The number of halogens is 1. The highest BCUT2D eigenvalue weighted by Gasteiger charge is 2.07. The average molecular weight is 279 g/mol. The van der Waals surface area contributed by atoms with Gasteiger partial charge >= 0.3 is 0 Å². The molecule has 0 saturated carbocycles. The molecule has 1 unspecified atom stereocenters. The summed E-state index contributed by atoms with van der Waals surface area (Å²) in [6.45, 7) is 1.94. The van der Waals surface area contributed by atoms with Crippen molar-refractivity contribution in [2.45, 2.75) is 11.8 Å². The molecule has 0 spiro atoms. The van der Waals surface area contributed by atoms with Crippen molar-refractivity contribution in [1.29, 1.82) is 0 Å². The van der Waals surface area contributed by atoms with Gasteiger partial charge in [0.2, 0.25) is 0 Å². The molecule has 0 fully saturated rings. The van der Waals surface area contributed by atoms with Gasteiger partial charge in [-0.15, -0.1) is 0 Å². The number of benzene rings is 1. The summed E-state index contributed by atoms with van der Waals surface area (Å²) in [5, 5.41) is 0. The molecule has 0 saturated heterocycles. The molecule has 1 aromatic carbocycles. The van der Waals surface area contributed by atoms with Crippen LogP contribution in [-0.4, -0.2) is 9.97 Å². The second kappa shape index (κ2) is 4.61. The second-order valence-corrected chi connectivity index (χ2v) is 4.87. The van der Waals surface area contributed by atoms with E-state index in [0.29, 0.717) is 5.82 Å². The van der Waals surface area contributed by atoms with Crippen molar-refractivity contribution in [2.75, 3.05) is 0 Å². The molecular weight excluding hydrogens is 268 g/mol. The molecule has 3 nitrogen and oxygen atoms in total. The fourth-order valence-corrected chi connectivity index (χ4v) is 1.65. The number of nitrogens with zero attached hydrogens (tertiary/aromatic N) is 1. The lowest BCUT2D eigenvalue weighted by Gasteiger charge is -2.05. The van der Waals surface area contributed by atoms with Crippen LogP contribution in [-0.2, 0) is 0 Å². The summed E-state index contributed by atoms with van der Waals surface area (Å²) >= 11 is 3.41. The van der Waals surface area contributed by atoms with Crippen LogP contribution in [0.25, 0.3) is 11.4 Å². The predicted molar refractivity (Wildman–Crippen MR) is 67.6 cm³/mol. The number of hydrogen-bond acceptors (Lipinski definition) is 2. The molecule has 2 rings (SSSR count). The van der Waals surface area contributed by atoms with Gasteiger partial charge in [-0.25, -0.2) is 4.98 Å². The maximum Gasteiger partial charge on any atom is 0.251 e. The van der Waals surface area contributed by atoms with Crippen molar-refractivity contribution in [1.82, 2.24) is 9.97 Å². The molecular formula is C12H11BrN2O. The molecule has 0 amide bonds. The zero-order valence-electron chi connectivity index (χ0n) is 8.77. The predicted octanol–water partition coefficient (Wildman–Crippen LogP) is 2.89. The lowest BCUT2D eigenvalue weighted by molar-refractivity contribution is 0.979.